The van der Waals surface area contributed by atoms with Crippen LogP contribution in [-0.2, 0) is 13.0 Å². The standard InChI is InChI=1S/C16H21ClFN3/c1-3-4-5-15-20-14(16(17)21-15)10-19-11(2)12-6-8-13(18)9-7-12/h6-9,11,19H,3-5,10H2,1-2H3,(H,20,21)/t11-/m1/s1. The highest BCUT2D eigenvalue weighted by Gasteiger charge is 2.10. The molecule has 1 aromatic carbocycles. The van der Waals surface area contributed by atoms with E-state index in [2.05, 4.69) is 22.2 Å². The number of hydrogen-bond acceptors (Lipinski definition) is 2. The van der Waals surface area contributed by atoms with Crippen LogP contribution in [0.3, 0.4) is 0 Å². The fourth-order valence-corrected chi connectivity index (χ4v) is 2.36. The molecule has 5 heteroatoms. The zero-order valence-corrected chi connectivity index (χ0v) is 13.2. The van der Waals surface area contributed by atoms with E-state index < -0.39 is 0 Å². The molecule has 1 atom stereocenters. The number of aryl methyl sites for hydroxylation is 1. The Morgan fingerprint density at radius 2 is 2.05 bits per heavy atom. The molecule has 0 aliphatic heterocycles. The predicted molar refractivity (Wildman–Crippen MR) is 83.9 cm³/mol. The van der Waals surface area contributed by atoms with Gasteiger partial charge >= 0.3 is 0 Å². The first kappa shape index (κ1) is 16.0. The van der Waals surface area contributed by atoms with Crippen LogP contribution in [0, 0.1) is 5.82 Å². The Kier molecular flexibility index (Phi) is 5.76. The first-order valence-corrected chi connectivity index (χ1v) is 7.70. The van der Waals surface area contributed by atoms with E-state index in [1.165, 1.54) is 12.1 Å². The van der Waals surface area contributed by atoms with Crippen LogP contribution in [0.2, 0.25) is 5.15 Å². The number of halogens is 2. The van der Waals surface area contributed by atoms with E-state index in [1.54, 1.807) is 12.1 Å². The van der Waals surface area contributed by atoms with E-state index in [-0.39, 0.29) is 11.9 Å². The molecule has 1 aromatic heterocycles. The van der Waals surface area contributed by atoms with Crippen molar-refractivity contribution in [3.8, 4) is 0 Å². The summed E-state index contributed by atoms with van der Waals surface area (Å²) in [4.78, 5) is 7.60. The second kappa shape index (κ2) is 7.57. The van der Waals surface area contributed by atoms with Gasteiger partial charge in [-0.1, -0.05) is 37.1 Å². The highest BCUT2D eigenvalue weighted by Crippen LogP contribution is 2.17. The summed E-state index contributed by atoms with van der Waals surface area (Å²) in [6.45, 7) is 4.80. The van der Waals surface area contributed by atoms with Gasteiger partial charge in [-0.2, -0.15) is 0 Å². The number of aromatic amines is 1. The van der Waals surface area contributed by atoms with E-state index in [0.717, 1.165) is 36.3 Å². The van der Waals surface area contributed by atoms with Crippen molar-refractivity contribution in [2.45, 2.75) is 45.7 Å². The zero-order chi connectivity index (χ0) is 15.2. The van der Waals surface area contributed by atoms with Crippen LogP contribution >= 0.6 is 11.6 Å². The van der Waals surface area contributed by atoms with Crippen molar-refractivity contribution in [2.24, 2.45) is 0 Å². The Morgan fingerprint density at radius 3 is 2.71 bits per heavy atom. The molecule has 0 spiro atoms. The molecule has 21 heavy (non-hydrogen) atoms. The fraction of sp³-hybridized carbons (Fsp3) is 0.438. The van der Waals surface area contributed by atoms with Crippen molar-refractivity contribution in [1.82, 2.24) is 15.3 Å². The van der Waals surface area contributed by atoms with Crippen molar-refractivity contribution in [1.29, 1.82) is 0 Å². The third-order valence-corrected chi connectivity index (χ3v) is 3.81. The molecule has 0 amide bonds. The van der Waals surface area contributed by atoms with E-state index in [1.807, 2.05) is 6.92 Å². The average molecular weight is 310 g/mol. The molecule has 114 valence electrons. The zero-order valence-electron chi connectivity index (χ0n) is 12.4. The summed E-state index contributed by atoms with van der Waals surface area (Å²) in [6.07, 6.45) is 3.15. The van der Waals surface area contributed by atoms with E-state index in [4.69, 9.17) is 11.6 Å². The van der Waals surface area contributed by atoms with Crippen LogP contribution < -0.4 is 5.32 Å². The van der Waals surface area contributed by atoms with Gasteiger partial charge in [-0.25, -0.2) is 9.37 Å². The minimum atomic E-state index is -0.219. The number of H-pyrrole nitrogens is 1. The quantitative estimate of drug-likeness (QED) is 0.796. The fourth-order valence-electron chi connectivity index (χ4n) is 2.14. The highest BCUT2D eigenvalue weighted by atomic mass is 35.5. The number of nitrogens with zero attached hydrogens (tertiary/aromatic N) is 1. The number of unbranched alkanes of at least 4 members (excludes halogenated alkanes) is 1. The molecule has 0 radical (unpaired) electrons. The van der Waals surface area contributed by atoms with Crippen LogP contribution in [0.4, 0.5) is 4.39 Å². The molecular weight excluding hydrogens is 289 g/mol. The highest BCUT2D eigenvalue weighted by molar-refractivity contribution is 6.30. The van der Waals surface area contributed by atoms with Gasteiger partial charge < -0.3 is 10.3 Å². The Bertz CT molecular complexity index is 565. The van der Waals surface area contributed by atoms with Gasteiger partial charge in [0.25, 0.3) is 0 Å². The van der Waals surface area contributed by atoms with Gasteiger partial charge in [0, 0.05) is 19.0 Å². The first-order valence-electron chi connectivity index (χ1n) is 7.32. The third-order valence-electron chi connectivity index (χ3n) is 3.50. The lowest BCUT2D eigenvalue weighted by Gasteiger charge is -2.13. The van der Waals surface area contributed by atoms with Gasteiger partial charge in [0.05, 0.1) is 5.69 Å². The van der Waals surface area contributed by atoms with Gasteiger partial charge in [0.15, 0.2) is 5.15 Å². The summed E-state index contributed by atoms with van der Waals surface area (Å²) >= 11 is 6.14. The molecule has 2 rings (SSSR count). The van der Waals surface area contributed by atoms with Crippen LogP contribution in [0.5, 0.6) is 0 Å². The lowest BCUT2D eigenvalue weighted by Crippen LogP contribution is -2.18. The number of aromatic nitrogens is 2. The Balaban J connectivity index is 1.93. The first-order chi connectivity index (χ1) is 10.1. The Hall–Kier alpha value is -1.39. The average Bonchev–Trinajstić information content (AvgIpc) is 2.83. The number of benzene rings is 1. The second-order valence-electron chi connectivity index (χ2n) is 5.21. The summed E-state index contributed by atoms with van der Waals surface area (Å²) in [5, 5.41) is 3.89. The van der Waals surface area contributed by atoms with Gasteiger partial charge in [-0.05, 0) is 31.0 Å². The van der Waals surface area contributed by atoms with E-state index in [0.29, 0.717) is 11.7 Å². The summed E-state index contributed by atoms with van der Waals surface area (Å²) in [6, 6.07) is 6.63. The lowest BCUT2D eigenvalue weighted by atomic mass is 10.1. The van der Waals surface area contributed by atoms with Gasteiger partial charge in [0.1, 0.15) is 11.6 Å². The normalized spacial score (nSPS) is 12.6. The molecule has 2 N–H and O–H groups in total. The van der Waals surface area contributed by atoms with Crippen LogP contribution in [-0.4, -0.2) is 9.97 Å². The van der Waals surface area contributed by atoms with E-state index in [9.17, 15) is 4.39 Å². The summed E-state index contributed by atoms with van der Waals surface area (Å²) in [5.74, 6) is 0.719. The Morgan fingerprint density at radius 1 is 1.33 bits per heavy atom. The molecule has 0 unspecified atom stereocenters. The number of imidazole rings is 1. The molecule has 0 bridgehead atoms. The molecular formula is C16H21ClFN3. The second-order valence-corrected chi connectivity index (χ2v) is 5.57. The number of rotatable bonds is 7. The lowest BCUT2D eigenvalue weighted by molar-refractivity contribution is 0.565. The third kappa shape index (κ3) is 4.55. The van der Waals surface area contributed by atoms with Crippen LogP contribution in [0.25, 0.3) is 0 Å². The van der Waals surface area contributed by atoms with Crippen molar-refractivity contribution < 1.29 is 4.39 Å². The summed E-state index contributed by atoms with van der Waals surface area (Å²) < 4.78 is 12.9. The smallest absolute Gasteiger partial charge is 0.151 e. The molecule has 0 saturated carbocycles. The number of nitrogens with one attached hydrogen (secondary N) is 2. The molecule has 0 fully saturated rings. The maximum atomic E-state index is 12.9. The monoisotopic (exact) mass is 309 g/mol. The summed E-state index contributed by atoms with van der Waals surface area (Å²) in [5.41, 5.74) is 1.94. The maximum absolute atomic E-state index is 12.9. The minimum Gasteiger partial charge on any atom is -0.344 e. The van der Waals surface area contributed by atoms with Gasteiger partial charge in [-0.15, -0.1) is 0 Å². The maximum Gasteiger partial charge on any atom is 0.151 e. The molecule has 1 heterocycles. The van der Waals surface area contributed by atoms with Crippen LogP contribution in [0.15, 0.2) is 24.3 Å². The predicted octanol–water partition coefficient (Wildman–Crippen LogP) is 4.40. The SMILES string of the molecule is CCCCc1nc(Cl)c(CN[C@H](C)c2ccc(F)cc2)[nH]1. The largest absolute Gasteiger partial charge is 0.344 e. The molecule has 2 aromatic rings. The van der Waals surface area contributed by atoms with Crippen molar-refractivity contribution in [2.75, 3.05) is 0 Å². The van der Waals surface area contributed by atoms with Crippen molar-refractivity contribution in [3.63, 3.8) is 0 Å². The Labute approximate surface area is 129 Å². The van der Waals surface area contributed by atoms with Gasteiger partial charge in [-0.3, -0.25) is 0 Å². The minimum absolute atomic E-state index is 0.115. The summed E-state index contributed by atoms with van der Waals surface area (Å²) in [7, 11) is 0. The van der Waals surface area contributed by atoms with Crippen molar-refractivity contribution in [3.05, 3.63) is 52.3 Å². The topological polar surface area (TPSA) is 40.7 Å². The van der Waals surface area contributed by atoms with Crippen molar-refractivity contribution >= 4 is 11.6 Å². The van der Waals surface area contributed by atoms with E-state index >= 15 is 0 Å². The molecule has 3 nitrogen and oxygen atoms in total. The number of hydrogen-bond donors (Lipinski definition) is 2. The van der Waals surface area contributed by atoms with Gasteiger partial charge in [0.2, 0.25) is 0 Å². The molecule has 0 saturated heterocycles. The molecule has 0 aliphatic carbocycles. The van der Waals surface area contributed by atoms with Crippen LogP contribution in [0.1, 0.15) is 49.8 Å². The molecule has 0 aliphatic rings.